The van der Waals surface area contributed by atoms with Gasteiger partial charge in [-0.25, -0.2) is 5.01 Å². The number of hydrogen-bond acceptors (Lipinski definition) is 5. The van der Waals surface area contributed by atoms with Crippen LogP contribution in [0.5, 0.6) is 11.5 Å². The molecule has 0 bridgehead atoms. The number of benzene rings is 2. The lowest BCUT2D eigenvalue weighted by atomic mass is 9.89. The number of anilines is 1. The van der Waals surface area contributed by atoms with Gasteiger partial charge in [-0.15, -0.1) is 0 Å². The second kappa shape index (κ2) is 12.1. The molecular weight excluding hydrogens is 454 g/mol. The minimum atomic E-state index is 0.00655. The van der Waals surface area contributed by atoms with Crippen LogP contribution in [0.4, 0.5) is 5.69 Å². The summed E-state index contributed by atoms with van der Waals surface area (Å²) < 4.78 is 11.9. The molecule has 7 nitrogen and oxygen atoms in total. The Morgan fingerprint density at radius 3 is 2.50 bits per heavy atom. The zero-order valence-corrected chi connectivity index (χ0v) is 21.6. The summed E-state index contributed by atoms with van der Waals surface area (Å²) in [6, 6.07) is 13.5. The standard InChI is InChI=1S/C29H37N3O4/c1-4-8-27(33)30-23-14-11-20(12-15-23)19-32-28(34)18-21(5-2)29(31-32)22-13-16-25(35-3)26(17-22)36-24-9-6-7-10-24/h11-17,21,24H,4-10,18-19H2,1-3H3,(H,30,33). The Hall–Kier alpha value is -3.35. The van der Waals surface area contributed by atoms with Crippen molar-refractivity contribution in [2.75, 3.05) is 12.4 Å². The van der Waals surface area contributed by atoms with Crippen LogP contribution in [-0.4, -0.2) is 35.7 Å². The number of carbonyl (C=O) groups is 2. The van der Waals surface area contributed by atoms with Gasteiger partial charge in [0.15, 0.2) is 11.5 Å². The predicted molar refractivity (Wildman–Crippen MR) is 141 cm³/mol. The third-order valence-electron chi connectivity index (χ3n) is 6.92. The molecular formula is C29H37N3O4. The molecule has 0 saturated heterocycles. The monoisotopic (exact) mass is 491 g/mol. The van der Waals surface area contributed by atoms with Crippen molar-refractivity contribution in [3.05, 3.63) is 53.6 Å². The Bertz CT molecular complexity index is 1090. The molecule has 1 heterocycles. The van der Waals surface area contributed by atoms with Crippen LogP contribution in [0.2, 0.25) is 0 Å². The topological polar surface area (TPSA) is 80.2 Å². The predicted octanol–water partition coefficient (Wildman–Crippen LogP) is 5.92. The summed E-state index contributed by atoms with van der Waals surface area (Å²) in [5.41, 5.74) is 3.57. The molecule has 2 aliphatic rings. The Morgan fingerprint density at radius 1 is 1.08 bits per heavy atom. The van der Waals surface area contributed by atoms with Crippen molar-refractivity contribution in [2.24, 2.45) is 11.0 Å². The molecule has 0 radical (unpaired) electrons. The van der Waals surface area contributed by atoms with Crippen molar-refractivity contribution < 1.29 is 19.1 Å². The summed E-state index contributed by atoms with van der Waals surface area (Å²) >= 11 is 0. The van der Waals surface area contributed by atoms with Gasteiger partial charge in [-0.05, 0) is 74.4 Å². The highest BCUT2D eigenvalue weighted by atomic mass is 16.5. The van der Waals surface area contributed by atoms with Crippen molar-refractivity contribution in [2.45, 2.75) is 77.9 Å². The van der Waals surface area contributed by atoms with E-state index in [9.17, 15) is 9.59 Å². The first kappa shape index (κ1) is 25.7. The number of amides is 2. The number of nitrogens with one attached hydrogen (secondary N) is 1. The molecule has 1 saturated carbocycles. The van der Waals surface area contributed by atoms with E-state index >= 15 is 0 Å². The van der Waals surface area contributed by atoms with E-state index in [1.165, 1.54) is 12.8 Å². The summed E-state index contributed by atoms with van der Waals surface area (Å²) in [5.74, 6) is 1.53. The molecule has 0 aromatic heterocycles. The molecule has 1 aliphatic heterocycles. The fraction of sp³-hybridized carbons (Fsp3) is 0.483. The summed E-state index contributed by atoms with van der Waals surface area (Å²) in [6.07, 6.45) is 7.30. The van der Waals surface area contributed by atoms with E-state index in [-0.39, 0.29) is 23.8 Å². The number of nitrogens with zero attached hydrogens (tertiary/aromatic N) is 2. The molecule has 1 N–H and O–H groups in total. The molecule has 7 heteroatoms. The molecule has 1 atom stereocenters. The van der Waals surface area contributed by atoms with Crippen molar-refractivity contribution >= 4 is 23.2 Å². The lowest BCUT2D eigenvalue weighted by Gasteiger charge is -2.29. The Morgan fingerprint density at radius 2 is 1.83 bits per heavy atom. The smallest absolute Gasteiger partial charge is 0.243 e. The Kier molecular flexibility index (Phi) is 8.62. The third kappa shape index (κ3) is 6.25. The lowest BCUT2D eigenvalue weighted by molar-refractivity contribution is -0.133. The first-order valence-corrected chi connectivity index (χ1v) is 13.1. The summed E-state index contributed by atoms with van der Waals surface area (Å²) in [7, 11) is 1.66. The number of hydrogen-bond donors (Lipinski definition) is 1. The van der Waals surface area contributed by atoms with Crippen molar-refractivity contribution in [1.29, 1.82) is 0 Å². The highest BCUT2D eigenvalue weighted by molar-refractivity contribution is 6.06. The van der Waals surface area contributed by atoms with Crippen LogP contribution in [0.15, 0.2) is 47.6 Å². The average Bonchev–Trinajstić information content (AvgIpc) is 3.39. The minimum absolute atomic E-state index is 0.00655. The molecule has 1 fully saturated rings. The zero-order valence-electron chi connectivity index (χ0n) is 21.6. The van der Waals surface area contributed by atoms with Crippen molar-refractivity contribution in [3.63, 3.8) is 0 Å². The SMILES string of the molecule is CCCC(=O)Nc1ccc(CN2N=C(c3ccc(OC)c(OC4CCCC4)c3)C(CC)CC2=O)cc1. The maximum absolute atomic E-state index is 12.9. The maximum Gasteiger partial charge on any atom is 0.243 e. The minimum Gasteiger partial charge on any atom is -0.493 e. The van der Waals surface area contributed by atoms with Gasteiger partial charge in [-0.1, -0.05) is 26.0 Å². The van der Waals surface area contributed by atoms with Crippen LogP contribution in [0, 0.1) is 5.92 Å². The largest absolute Gasteiger partial charge is 0.493 e. The van der Waals surface area contributed by atoms with E-state index in [1.54, 1.807) is 12.1 Å². The number of methoxy groups -OCH3 is 1. The van der Waals surface area contributed by atoms with E-state index in [2.05, 4.69) is 12.2 Å². The quantitative estimate of drug-likeness (QED) is 0.447. The molecule has 192 valence electrons. The van der Waals surface area contributed by atoms with Crippen LogP contribution in [0.1, 0.15) is 76.3 Å². The average molecular weight is 492 g/mol. The highest BCUT2D eigenvalue weighted by Crippen LogP contribution is 2.34. The second-order valence-corrected chi connectivity index (χ2v) is 9.63. The second-order valence-electron chi connectivity index (χ2n) is 9.63. The summed E-state index contributed by atoms with van der Waals surface area (Å²) in [6.45, 7) is 4.45. The molecule has 1 unspecified atom stereocenters. The van der Waals surface area contributed by atoms with Crippen molar-refractivity contribution in [3.8, 4) is 11.5 Å². The first-order chi connectivity index (χ1) is 17.5. The zero-order chi connectivity index (χ0) is 25.5. The summed E-state index contributed by atoms with van der Waals surface area (Å²) in [5, 5.41) is 9.30. The summed E-state index contributed by atoms with van der Waals surface area (Å²) in [4.78, 5) is 24.8. The van der Waals surface area contributed by atoms with E-state index in [1.807, 2.05) is 49.4 Å². The number of ether oxygens (including phenoxy) is 2. The van der Waals surface area contributed by atoms with Gasteiger partial charge in [0, 0.05) is 30.0 Å². The van der Waals surface area contributed by atoms with Crippen molar-refractivity contribution in [1.82, 2.24) is 5.01 Å². The molecule has 2 amide bonds. The van der Waals surface area contributed by atoms with Gasteiger partial charge in [0.05, 0.1) is 25.5 Å². The van der Waals surface area contributed by atoms with E-state index in [0.29, 0.717) is 25.1 Å². The van der Waals surface area contributed by atoms with Gasteiger partial charge in [0.2, 0.25) is 11.8 Å². The molecule has 36 heavy (non-hydrogen) atoms. The molecule has 2 aromatic carbocycles. The van der Waals surface area contributed by atoms with Gasteiger partial charge in [-0.2, -0.15) is 5.10 Å². The maximum atomic E-state index is 12.9. The first-order valence-electron chi connectivity index (χ1n) is 13.1. The molecule has 4 rings (SSSR count). The fourth-order valence-corrected chi connectivity index (χ4v) is 4.87. The van der Waals surface area contributed by atoms with Gasteiger partial charge >= 0.3 is 0 Å². The van der Waals surface area contributed by atoms with E-state index < -0.39 is 0 Å². The van der Waals surface area contributed by atoms with Gasteiger partial charge < -0.3 is 14.8 Å². The third-order valence-corrected chi connectivity index (χ3v) is 6.92. The fourth-order valence-electron chi connectivity index (χ4n) is 4.87. The Balaban J connectivity index is 1.55. The molecule has 0 spiro atoms. The highest BCUT2D eigenvalue weighted by Gasteiger charge is 2.30. The number of hydrazone groups is 1. The molecule has 2 aromatic rings. The van der Waals surface area contributed by atoms with Crippen LogP contribution >= 0.6 is 0 Å². The number of rotatable bonds is 10. The molecule has 1 aliphatic carbocycles. The van der Waals surface area contributed by atoms with Crippen LogP contribution in [0.3, 0.4) is 0 Å². The van der Waals surface area contributed by atoms with Crippen LogP contribution in [0.25, 0.3) is 0 Å². The van der Waals surface area contributed by atoms with E-state index in [4.69, 9.17) is 14.6 Å². The van der Waals surface area contributed by atoms with E-state index in [0.717, 1.165) is 54.0 Å². The van der Waals surface area contributed by atoms with Gasteiger partial charge in [-0.3, -0.25) is 9.59 Å². The number of carbonyl (C=O) groups excluding carboxylic acids is 2. The Labute approximate surface area is 213 Å². The normalized spacial score (nSPS) is 18.2. The van der Waals surface area contributed by atoms with Gasteiger partial charge in [0.25, 0.3) is 0 Å². The van der Waals surface area contributed by atoms with Crippen LogP contribution < -0.4 is 14.8 Å². The lowest BCUT2D eigenvalue weighted by Crippen LogP contribution is -2.36. The van der Waals surface area contributed by atoms with Crippen LogP contribution in [-0.2, 0) is 16.1 Å². The van der Waals surface area contributed by atoms with Gasteiger partial charge in [0.1, 0.15) is 0 Å².